The molecule has 0 atom stereocenters. The van der Waals surface area contributed by atoms with Gasteiger partial charge in [0.05, 0.1) is 0 Å². The van der Waals surface area contributed by atoms with E-state index in [9.17, 15) is 4.39 Å². The lowest BCUT2D eigenvalue weighted by Gasteiger charge is -2.02. The van der Waals surface area contributed by atoms with E-state index in [4.69, 9.17) is 5.11 Å². The summed E-state index contributed by atoms with van der Waals surface area (Å²) in [5.74, 6) is 0.902. The minimum Gasteiger partial charge on any atom is -0.388 e. The van der Waals surface area contributed by atoms with Gasteiger partial charge in [-0.3, -0.25) is 0 Å². The SMILES string of the molecule is Cn1c(CO)nnc1SCc1cccc(F)c1. The van der Waals surface area contributed by atoms with Crippen molar-refractivity contribution in [1.82, 2.24) is 14.8 Å². The summed E-state index contributed by atoms with van der Waals surface area (Å²) in [6, 6.07) is 6.46. The fraction of sp³-hybridized carbons (Fsp3) is 0.273. The normalized spacial score (nSPS) is 10.8. The van der Waals surface area contributed by atoms with Crippen LogP contribution in [0.3, 0.4) is 0 Å². The van der Waals surface area contributed by atoms with Crippen LogP contribution < -0.4 is 0 Å². The first-order valence-corrected chi connectivity index (χ1v) is 6.05. The van der Waals surface area contributed by atoms with E-state index in [1.54, 1.807) is 17.7 Å². The molecule has 2 rings (SSSR count). The summed E-state index contributed by atoms with van der Waals surface area (Å²) in [5, 5.41) is 17.5. The summed E-state index contributed by atoms with van der Waals surface area (Å²) >= 11 is 1.46. The van der Waals surface area contributed by atoms with Crippen LogP contribution in [-0.2, 0) is 19.4 Å². The number of hydrogen-bond acceptors (Lipinski definition) is 4. The van der Waals surface area contributed by atoms with Crippen LogP contribution in [0.2, 0.25) is 0 Å². The average molecular weight is 253 g/mol. The van der Waals surface area contributed by atoms with Gasteiger partial charge in [-0.15, -0.1) is 10.2 Å². The largest absolute Gasteiger partial charge is 0.388 e. The predicted octanol–water partition coefficient (Wildman–Crippen LogP) is 1.74. The summed E-state index contributed by atoms with van der Waals surface area (Å²) in [5.41, 5.74) is 0.892. The van der Waals surface area contributed by atoms with Gasteiger partial charge in [-0.1, -0.05) is 23.9 Å². The molecule has 0 radical (unpaired) electrons. The molecule has 6 heteroatoms. The number of hydrogen-bond donors (Lipinski definition) is 1. The van der Waals surface area contributed by atoms with Gasteiger partial charge in [0, 0.05) is 12.8 Å². The van der Waals surface area contributed by atoms with Crippen molar-refractivity contribution in [2.75, 3.05) is 0 Å². The van der Waals surface area contributed by atoms with Gasteiger partial charge < -0.3 is 9.67 Å². The highest BCUT2D eigenvalue weighted by atomic mass is 32.2. The first-order chi connectivity index (χ1) is 8.20. The number of nitrogens with zero attached hydrogens (tertiary/aromatic N) is 3. The zero-order chi connectivity index (χ0) is 12.3. The molecule has 1 aromatic heterocycles. The van der Waals surface area contributed by atoms with E-state index in [2.05, 4.69) is 10.2 Å². The minimum atomic E-state index is -0.239. The van der Waals surface area contributed by atoms with Gasteiger partial charge in [-0.25, -0.2) is 4.39 Å². The topological polar surface area (TPSA) is 50.9 Å². The van der Waals surface area contributed by atoms with Gasteiger partial charge in [0.1, 0.15) is 12.4 Å². The van der Waals surface area contributed by atoms with Crippen molar-refractivity contribution >= 4 is 11.8 Å². The molecule has 0 aliphatic carbocycles. The van der Waals surface area contributed by atoms with Crippen molar-refractivity contribution in [3.63, 3.8) is 0 Å². The Bertz CT molecular complexity index is 515. The molecule has 0 fully saturated rings. The van der Waals surface area contributed by atoms with Crippen molar-refractivity contribution in [2.24, 2.45) is 7.05 Å². The smallest absolute Gasteiger partial charge is 0.191 e. The van der Waals surface area contributed by atoms with Crippen LogP contribution in [0.1, 0.15) is 11.4 Å². The second-order valence-corrected chi connectivity index (χ2v) is 4.48. The maximum atomic E-state index is 13.0. The fourth-order valence-electron chi connectivity index (χ4n) is 1.38. The Balaban J connectivity index is 2.05. The molecule has 0 unspecified atom stereocenters. The molecule has 90 valence electrons. The van der Waals surface area contributed by atoms with Gasteiger partial charge in [0.25, 0.3) is 0 Å². The number of benzene rings is 1. The number of halogens is 1. The van der Waals surface area contributed by atoms with Crippen LogP contribution >= 0.6 is 11.8 Å². The quantitative estimate of drug-likeness (QED) is 0.843. The lowest BCUT2D eigenvalue weighted by molar-refractivity contribution is 0.266. The number of aliphatic hydroxyl groups excluding tert-OH is 1. The molecular weight excluding hydrogens is 241 g/mol. The molecule has 0 aliphatic heterocycles. The second-order valence-electron chi connectivity index (χ2n) is 3.53. The van der Waals surface area contributed by atoms with Crippen LogP contribution in [0.15, 0.2) is 29.4 Å². The number of aromatic nitrogens is 3. The van der Waals surface area contributed by atoms with Gasteiger partial charge in [0.2, 0.25) is 0 Å². The Labute approximate surface area is 102 Å². The summed E-state index contributed by atoms with van der Waals surface area (Å²) in [6.07, 6.45) is 0. The molecule has 0 spiro atoms. The predicted molar refractivity (Wildman–Crippen MR) is 62.9 cm³/mol. The van der Waals surface area contributed by atoms with Gasteiger partial charge in [-0.05, 0) is 17.7 Å². The maximum absolute atomic E-state index is 13.0. The Morgan fingerprint density at radius 3 is 2.88 bits per heavy atom. The highest BCUT2D eigenvalue weighted by molar-refractivity contribution is 7.98. The Morgan fingerprint density at radius 1 is 1.41 bits per heavy atom. The fourth-order valence-corrected chi connectivity index (χ4v) is 2.26. The molecule has 0 saturated heterocycles. The molecule has 17 heavy (non-hydrogen) atoms. The summed E-state index contributed by atoms with van der Waals surface area (Å²) in [4.78, 5) is 0. The van der Waals surface area contributed by atoms with Crippen LogP contribution in [0.25, 0.3) is 0 Å². The van der Waals surface area contributed by atoms with Crippen LogP contribution in [0.4, 0.5) is 4.39 Å². The first kappa shape index (κ1) is 12.1. The molecule has 1 heterocycles. The van der Waals surface area contributed by atoms with Crippen molar-refractivity contribution in [3.8, 4) is 0 Å². The standard InChI is InChI=1S/C11H12FN3OS/c1-15-10(6-16)13-14-11(15)17-7-8-3-2-4-9(12)5-8/h2-5,16H,6-7H2,1H3. The number of aliphatic hydroxyl groups is 1. The first-order valence-electron chi connectivity index (χ1n) is 5.07. The lowest BCUT2D eigenvalue weighted by Crippen LogP contribution is -1.98. The van der Waals surface area contributed by atoms with E-state index in [1.165, 1.54) is 23.9 Å². The molecule has 0 aliphatic rings. The van der Waals surface area contributed by atoms with E-state index in [0.717, 1.165) is 5.56 Å². The summed E-state index contributed by atoms with van der Waals surface area (Å²) in [7, 11) is 1.79. The van der Waals surface area contributed by atoms with E-state index in [1.807, 2.05) is 6.07 Å². The molecule has 0 amide bonds. The number of thioether (sulfide) groups is 1. The molecule has 0 saturated carbocycles. The van der Waals surface area contributed by atoms with E-state index in [-0.39, 0.29) is 12.4 Å². The summed E-state index contributed by atoms with van der Waals surface area (Å²) < 4.78 is 14.7. The van der Waals surface area contributed by atoms with Crippen LogP contribution in [-0.4, -0.2) is 19.9 Å². The van der Waals surface area contributed by atoms with Crippen molar-refractivity contribution in [2.45, 2.75) is 17.5 Å². The van der Waals surface area contributed by atoms with Crippen LogP contribution in [0, 0.1) is 5.82 Å². The third kappa shape index (κ3) is 2.83. The molecule has 4 nitrogen and oxygen atoms in total. The third-order valence-electron chi connectivity index (χ3n) is 2.32. The highest BCUT2D eigenvalue weighted by Gasteiger charge is 2.08. The molecule has 0 bridgehead atoms. The second kappa shape index (κ2) is 5.29. The average Bonchev–Trinajstić information content (AvgIpc) is 2.67. The third-order valence-corrected chi connectivity index (χ3v) is 3.41. The van der Waals surface area contributed by atoms with Crippen LogP contribution in [0.5, 0.6) is 0 Å². The van der Waals surface area contributed by atoms with E-state index in [0.29, 0.717) is 16.7 Å². The summed E-state index contributed by atoms with van der Waals surface area (Å²) in [6.45, 7) is -0.135. The minimum absolute atomic E-state index is 0.135. The maximum Gasteiger partial charge on any atom is 0.191 e. The van der Waals surface area contributed by atoms with E-state index < -0.39 is 0 Å². The zero-order valence-electron chi connectivity index (χ0n) is 9.30. The van der Waals surface area contributed by atoms with Crippen molar-refractivity contribution in [3.05, 3.63) is 41.5 Å². The van der Waals surface area contributed by atoms with Gasteiger partial charge in [-0.2, -0.15) is 0 Å². The molecular formula is C11H12FN3OS. The van der Waals surface area contributed by atoms with Gasteiger partial charge >= 0.3 is 0 Å². The van der Waals surface area contributed by atoms with Crippen molar-refractivity contribution < 1.29 is 9.50 Å². The monoisotopic (exact) mass is 253 g/mol. The zero-order valence-corrected chi connectivity index (χ0v) is 10.1. The number of rotatable bonds is 4. The lowest BCUT2D eigenvalue weighted by atomic mass is 10.2. The van der Waals surface area contributed by atoms with Gasteiger partial charge in [0.15, 0.2) is 11.0 Å². The highest BCUT2D eigenvalue weighted by Crippen LogP contribution is 2.21. The Kier molecular flexibility index (Phi) is 3.75. The molecule has 2 aromatic rings. The molecule has 1 N–H and O–H groups in total. The molecule has 1 aromatic carbocycles. The van der Waals surface area contributed by atoms with E-state index >= 15 is 0 Å². The van der Waals surface area contributed by atoms with Crippen molar-refractivity contribution in [1.29, 1.82) is 0 Å². The Hall–Kier alpha value is -1.40. The Morgan fingerprint density at radius 2 is 2.24 bits per heavy atom.